The molecule has 0 aliphatic carbocycles. The van der Waals surface area contributed by atoms with Gasteiger partial charge in [-0.25, -0.2) is 4.98 Å². The minimum absolute atomic E-state index is 0.221. The quantitative estimate of drug-likeness (QED) is 0.304. The number of aryl methyl sites for hydroxylation is 1. The Morgan fingerprint density at radius 3 is 2.20 bits per heavy atom. The standard InChI is InChI=1S/C31H23N3O/c1-34-28-15-8-14-25(30(28)33-31(34)26-13-5-6-16-29(26)35)23-11-7-12-24(19-23)27-20-22(17-18-32-27)21-9-3-2-4-10-21/h2-20,35H,1H3. The molecule has 4 nitrogen and oxygen atoms in total. The number of phenolic OH excluding ortho intramolecular Hbond substituents is 1. The first-order valence-corrected chi connectivity index (χ1v) is 11.5. The first-order chi connectivity index (χ1) is 17.2. The molecule has 6 aromatic rings. The van der Waals surface area contributed by atoms with Gasteiger partial charge < -0.3 is 9.67 Å². The molecule has 2 heterocycles. The van der Waals surface area contributed by atoms with Crippen molar-refractivity contribution in [3.05, 3.63) is 115 Å². The average Bonchev–Trinajstić information content (AvgIpc) is 3.26. The molecule has 0 aliphatic rings. The number of phenols is 1. The Hall–Kier alpha value is -4.70. The van der Waals surface area contributed by atoms with Crippen LogP contribution in [0.4, 0.5) is 0 Å². The molecule has 0 radical (unpaired) electrons. The number of fused-ring (bicyclic) bond motifs is 1. The third-order valence-electron chi connectivity index (χ3n) is 6.39. The van der Waals surface area contributed by atoms with Crippen LogP contribution in [-0.4, -0.2) is 19.6 Å². The van der Waals surface area contributed by atoms with Gasteiger partial charge in [0, 0.05) is 24.4 Å². The molecule has 6 rings (SSSR count). The third-order valence-corrected chi connectivity index (χ3v) is 6.39. The predicted molar refractivity (Wildman–Crippen MR) is 142 cm³/mol. The van der Waals surface area contributed by atoms with Crippen molar-refractivity contribution in [1.82, 2.24) is 14.5 Å². The Balaban J connectivity index is 1.46. The third kappa shape index (κ3) is 3.75. The molecule has 168 valence electrons. The van der Waals surface area contributed by atoms with E-state index in [-0.39, 0.29) is 5.75 Å². The summed E-state index contributed by atoms with van der Waals surface area (Å²) in [5, 5.41) is 10.4. The van der Waals surface area contributed by atoms with Crippen LogP contribution in [-0.2, 0) is 7.05 Å². The molecule has 4 aromatic carbocycles. The fraction of sp³-hybridized carbons (Fsp3) is 0.0323. The van der Waals surface area contributed by atoms with E-state index in [0.717, 1.165) is 44.8 Å². The van der Waals surface area contributed by atoms with Crippen LogP contribution in [0.2, 0.25) is 0 Å². The lowest BCUT2D eigenvalue weighted by Crippen LogP contribution is -1.92. The number of para-hydroxylation sites is 2. The molecule has 2 aromatic heterocycles. The van der Waals surface area contributed by atoms with Crippen molar-refractivity contribution in [2.45, 2.75) is 0 Å². The second-order valence-electron chi connectivity index (χ2n) is 8.56. The number of aromatic hydroxyl groups is 1. The van der Waals surface area contributed by atoms with Crippen LogP contribution in [0, 0.1) is 0 Å². The molecule has 0 spiro atoms. The Morgan fingerprint density at radius 1 is 0.629 bits per heavy atom. The van der Waals surface area contributed by atoms with E-state index in [2.05, 4.69) is 65.6 Å². The van der Waals surface area contributed by atoms with E-state index in [1.54, 1.807) is 6.07 Å². The highest BCUT2D eigenvalue weighted by Gasteiger charge is 2.16. The number of nitrogens with zero attached hydrogens (tertiary/aromatic N) is 3. The Kier molecular flexibility index (Phi) is 5.12. The van der Waals surface area contributed by atoms with Gasteiger partial charge in [-0.2, -0.15) is 0 Å². The maximum Gasteiger partial charge on any atom is 0.144 e. The smallest absolute Gasteiger partial charge is 0.144 e. The van der Waals surface area contributed by atoms with Crippen LogP contribution in [0.25, 0.3) is 55.9 Å². The topological polar surface area (TPSA) is 50.9 Å². The van der Waals surface area contributed by atoms with Gasteiger partial charge in [0.25, 0.3) is 0 Å². The van der Waals surface area contributed by atoms with Crippen molar-refractivity contribution in [2.24, 2.45) is 7.05 Å². The van der Waals surface area contributed by atoms with Gasteiger partial charge in [0.2, 0.25) is 0 Å². The van der Waals surface area contributed by atoms with Crippen molar-refractivity contribution in [1.29, 1.82) is 0 Å². The predicted octanol–water partition coefficient (Wildman–Crippen LogP) is 7.34. The first-order valence-electron chi connectivity index (χ1n) is 11.5. The number of imidazole rings is 1. The number of pyridine rings is 1. The lowest BCUT2D eigenvalue weighted by Gasteiger charge is -2.08. The second kappa shape index (κ2) is 8.58. The van der Waals surface area contributed by atoms with Gasteiger partial charge in [-0.1, -0.05) is 72.8 Å². The molecule has 0 saturated carbocycles. The Morgan fingerprint density at radius 2 is 1.34 bits per heavy atom. The fourth-order valence-electron chi connectivity index (χ4n) is 4.60. The molecular weight excluding hydrogens is 430 g/mol. The molecule has 1 N–H and O–H groups in total. The van der Waals surface area contributed by atoms with Gasteiger partial charge in [0.15, 0.2) is 0 Å². The fourth-order valence-corrected chi connectivity index (χ4v) is 4.60. The van der Waals surface area contributed by atoms with Crippen LogP contribution >= 0.6 is 0 Å². The largest absolute Gasteiger partial charge is 0.507 e. The van der Waals surface area contributed by atoms with Gasteiger partial charge in [-0.15, -0.1) is 0 Å². The molecular formula is C31H23N3O. The monoisotopic (exact) mass is 453 g/mol. The van der Waals surface area contributed by atoms with E-state index < -0.39 is 0 Å². The second-order valence-corrected chi connectivity index (χ2v) is 8.56. The van der Waals surface area contributed by atoms with Crippen LogP contribution in [0.15, 0.2) is 115 Å². The highest BCUT2D eigenvalue weighted by molar-refractivity contribution is 5.95. The van der Waals surface area contributed by atoms with Gasteiger partial charge in [-0.3, -0.25) is 4.98 Å². The summed E-state index contributed by atoms with van der Waals surface area (Å²) in [6.07, 6.45) is 1.86. The van der Waals surface area contributed by atoms with Crippen LogP contribution < -0.4 is 0 Å². The normalized spacial score (nSPS) is 11.1. The zero-order valence-corrected chi connectivity index (χ0v) is 19.3. The summed E-state index contributed by atoms with van der Waals surface area (Å²) >= 11 is 0. The molecule has 0 unspecified atom stereocenters. The van der Waals surface area contributed by atoms with Gasteiger partial charge in [0.05, 0.1) is 22.3 Å². The minimum atomic E-state index is 0.221. The van der Waals surface area contributed by atoms with Crippen molar-refractivity contribution >= 4 is 11.0 Å². The number of rotatable bonds is 4. The van der Waals surface area contributed by atoms with E-state index >= 15 is 0 Å². The maximum absolute atomic E-state index is 10.4. The minimum Gasteiger partial charge on any atom is -0.507 e. The Labute approximate surface area is 203 Å². The van der Waals surface area contributed by atoms with E-state index in [1.165, 1.54) is 5.56 Å². The van der Waals surface area contributed by atoms with Crippen molar-refractivity contribution in [3.8, 4) is 50.6 Å². The van der Waals surface area contributed by atoms with E-state index in [1.807, 2.05) is 60.3 Å². The van der Waals surface area contributed by atoms with Crippen LogP contribution in [0.1, 0.15) is 0 Å². The summed E-state index contributed by atoms with van der Waals surface area (Å²) in [6, 6.07) is 36.5. The van der Waals surface area contributed by atoms with Gasteiger partial charge in [0.1, 0.15) is 11.6 Å². The highest BCUT2D eigenvalue weighted by atomic mass is 16.3. The number of hydrogen-bond acceptors (Lipinski definition) is 3. The van der Waals surface area contributed by atoms with Crippen LogP contribution in [0.5, 0.6) is 5.75 Å². The molecule has 0 aliphatic heterocycles. The van der Waals surface area contributed by atoms with Crippen molar-refractivity contribution < 1.29 is 5.11 Å². The Bertz CT molecular complexity index is 1670. The molecule has 35 heavy (non-hydrogen) atoms. The van der Waals surface area contributed by atoms with Gasteiger partial charge >= 0.3 is 0 Å². The summed E-state index contributed by atoms with van der Waals surface area (Å²) in [7, 11) is 1.98. The molecule has 0 saturated heterocycles. The zero-order chi connectivity index (χ0) is 23.8. The van der Waals surface area contributed by atoms with E-state index in [9.17, 15) is 5.11 Å². The van der Waals surface area contributed by atoms with Crippen LogP contribution in [0.3, 0.4) is 0 Å². The SMILES string of the molecule is Cn1c(-c2ccccc2O)nc2c(-c3cccc(-c4cc(-c5ccccc5)ccn4)c3)cccc21. The van der Waals surface area contributed by atoms with Crippen molar-refractivity contribution in [2.75, 3.05) is 0 Å². The molecule has 0 amide bonds. The number of benzene rings is 4. The number of hydrogen-bond donors (Lipinski definition) is 1. The maximum atomic E-state index is 10.4. The molecule has 4 heteroatoms. The summed E-state index contributed by atoms with van der Waals surface area (Å²) in [5.74, 6) is 0.956. The molecule has 0 bridgehead atoms. The average molecular weight is 454 g/mol. The zero-order valence-electron chi connectivity index (χ0n) is 19.3. The summed E-state index contributed by atoms with van der Waals surface area (Å²) in [4.78, 5) is 9.62. The molecule has 0 fully saturated rings. The highest BCUT2D eigenvalue weighted by Crippen LogP contribution is 2.35. The summed E-state index contributed by atoms with van der Waals surface area (Å²) in [6.45, 7) is 0. The van der Waals surface area contributed by atoms with E-state index in [4.69, 9.17) is 4.98 Å². The lowest BCUT2D eigenvalue weighted by atomic mass is 9.99. The van der Waals surface area contributed by atoms with Gasteiger partial charge in [-0.05, 0) is 53.1 Å². The number of aromatic nitrogens is 3. The molecule has 0 atom stereocenters. The van der Waals surface area contributed by atoms with E-state index in [0.29, 0.717) is 5.56 Å². The summed E-state index contributed by atoms with van der Waals surface area (Å²) in [5.41, 5.74) is 9.02. The summed E-state index contributed by atoms with van der Waals surface area (Å²) < 4.78 is 2.03. The van der Waals surface area contributed by atoms with Crippen molar-refractivity contribution in [3.63, 3.8) is 0 Å². The first kappa shape index (κ1) is 20.9. The lowest BCUT2D eigenvalue weighted by molar-refractivity contribution is 0.476.